The highest BCUT2D eigenvalue weighted by atomic mass is 16.6. The van der Waals surface area contributed by atoms with E-state index >= 15 is 0 Å². The first-order chi connectivity index (χ1) is 19.6. The summed E-state index contributed by atoms with van der Waals surface area (Å²) in [6, 6.07) is 18.7. The highest BCUT2D eigenvalue weighted by Gasteiger charge is 2.43. The van der Waals surface area contributed by atoms with Crippen molar-refractivity contribution in [1.82, 2.24) is 10.2 Å². The van der Waals surface area contributed by atoms with Crippen LogP contribution in [0.5, 0.6) is 0 Å². The van der Waals surface area contributed by atoms with Gasteiger partial charge in [-0.1, -0.05) is 68.7 Å². The van der Waals surface area contributed by atoms with Crippen LogP contribution in [0, 0.1) is 18.3 Å². The van der Waals surface area contributed by atoms with Crippen LogP contribution in [-0.2, 0) is 14.3 Å². The molecule has 0 saturated heterocycles. The number of rotatable bonds is 8. The van der Waals surface area contributed by atoms with Crippen LogP contribution >= 0.6 is 0 Å². The number of anilines is 1. The molecule has 3 amide bonds. The highest BCUT2D eigenvalue weighted by Crippen LogP contribution is 2.33. The van der Waals surface area contributed by atoms with E-state index in [2.05, 4.69) is 16.6 Å². The third kappa shape index (κ3) is 8.13. The standard InChI is InChI=1S/C35H43N3O4/c1-10-23(3)29(37-33(41)42-35(7,8)9)32(40)38(34(4,5)6)30(26-18-16-24(11-2)17-19-26)31(39)36-28-21-20-25-14-12-13-15-27(25)22-28/h2,12-23,29-30H,10H2,1,3-9H3,(H,36,39)(H,37,41). The highest BCUT2D eigenvalue weighted by molar-refractivity contribution is 6.00. The molecule has 3 rings (SSSR count). The Bertz CT molecular complexity index is 1460. The second-order valence-corrected chi connectivity index (χ2v) is 12.6. The average Bonchev–Trinajstić information content (AvgIpc) is 2.92. The first-order valence-corrected chi connectivity index (χ1v) is 14.3. The van der Waals surface area contributed by atoms with Gasteiger partial charge < -0.3 is 20.3 Å². The van der Waals surface area contributed by atoms with Gasteiger partial charge in [0.25, 0.3) is 5.91 Å². The van der Waals surface area contributed by atoms with Crippen molar-refractivity contribution >= 4 is 34.4 Å². The minimum atomic E-state index is -1.03. The van der Waals surface area contributed by atoms with Gasteiger partial charge in [-0.3, -0.25) is 9.59 Å². The SMILES string of the molecule is C#Cc1ccc(C(C(=O)Nc2ccc3ccccc3c2)N(C(=O)C(NC(=O)OC(C)(C)C)C(C)CC)C(C)(C)C)cc1. The molecule has 3 unspecified atom stereocenters. The van der Waals surface area contributed by atoms with Crippen molar-refractivity contribution in [2.45, 2.75) is 85.0 Å². The number of terminal acetylenes is 1. The predicted molar refractivity (Wildman–Crippen MR) is 169 cm³/mol. The summed E-state index contributed by atoms with van der Waals surface area (Å²) in [5.41, 5.74) is 0.309. The molecule has 3 atom stereocenters. The molecule has 0 fully saturated rings. The molecule has 0 aliphatic heterocycles. The maximum atomic E-state index is 14.5. The molecule has 7 nitrogen and oxygen atoms in total. The predicted octanol–water partition coefficient (Wildman–Crippen LogP) is 7.07. The van der Waals surface area contributed by atoms with Crippen LogP contribution in [0.15, 0.2) is 66.7 Å². The number of carbonyl (C=O) groups excluding carboxylic acids is 3. The number of alkyl carbamates (subject to hydrolysis) is 1. The number of nitrogens with one attached hydrogen (secondary N) is 2. The average molecular weight is 570 g/mol. The second-order valence-electron chi connectivity index (χ2n) is 12.6. The summed E-state index contributed by atoms with van der Waals surface area (Å²) in [4.78, 5) is 43.1. The first kappa shape index (κ1) is 32.2. The zero-order chi connectivity index (χ0) is 31.2. The zero-order valence-corrected chi connectivity index (χ0v) is 25.9. The molecule has 0 saturated carbocycles. The van der Waals surface area contributed by atoms with E-state index in [9.17, 15) is 14.4 Å². The topological polar surface area (TPSA) is 87.7 Å². The fraction of sp³-hybridized carbons (Fsp3) is 0.400. The third-order valence-corrected chi connectivity index (χ3v) is 7.03. The molecule has 0 aliphatic rings. The summed E-state index contributed by atoms with van der Waals surface area (Å²) in [5.74, 6) is 1.59. The molecule has 3 aromatic rings. The fourth-order valence-electron chi connectivity index (χ4n) is 4.77. The third-order valence-electron chi connectivity index (χ3n) is 7.03. The van der Waals surface area contributed by atoms with Crippen molar-refractivity contribution in [3.8, 4) is 12.3 Å². The molecule has 3 aromatic carbocycles. The van der Waals surface area contributed by atoms with E-state index in [1.54, 1.807) is 49.9 Å². The molecule has 7 heteroatoms. The molecule has 0 aliphatic carbocycles. The summed E-state index contributed by atoms with van der Waals surface area (Å²) >= 11 is 0. The van der Waals surface area contributed by atoms with Crippen LogP contribution in [0.3, 0.4) is 0 Å². The van der Waals surface area contributed by atoms with Crippen LogP contribution < -0.4 is 10.6 Å². The molecule has 42 heavy (non-hydrogen) atoms. The van der Waals surface area contributed by atoms with E-state index in [1.165, 1.54) is 0 Å². The van der Waals surface area contributed by atoms with Crippen LogP contribution in [-0.4, -0.2) is 40.0 Å². The van der Waals surface area contributed by atoms with Crippen LogP contribution in [0.4, 0.5) is 10.5 Å². The van der Waals surface area contributed by atoms with Gasteiger partial charge in [-0.2, -0.15) is 0 Å². The summed E-state index contributed by atoms with van der Waals surface area (Å²) in [7, 11) is 0. The number of carbonyl (C=O) groups is 3. The van der Waals surface area contributed by atoms with E-state index in [-0.39, 0.29) is 17.7 Å². The molecule has 2 N–H and O–H groups in total. The summed E-state index contributed by atoms with van der Waals surface area (Å²) in [6.07, 6.45) is 5.52. The van der Waals surface area contributed by atoms with E-state index in [0.29, 0.717) is 23.2 Å². The Morgan fingerprint density at radius 1 is 0.929 bits per heavy atom. The van der Waals surface area contributed by atoms with Gasteiger partial charge in [0.05, 0.1) is 0 Å². The van der Waals surface area contributed by atoms with Crippen LogP contribution in [0.2, 0.25) is 0 Å². The normalized spacial score (nSPS) is 13.8. The smallest absolute Gasteiger partial charge is 0.408 e. The number of fused-ring (bicyclic) bond motifs is 1. The number of amides is 3. The molecular weight excluding hydrogens is 526 g/mol. The second kappa shape index (κ2) is 13.1. The molecule has 222 valence electrons. The van der Waals surface area contributed by atoms with Crippen molar-refractivity contribution in [2.24, 2.45) is 5.92 Å². The van der Waals surface area contributed by atoms with Crippen molar-refractivity contribution in [3.63, 3.8) is 0 Å². The Morgan fingerprint density at radius 3 is 2.10 bits per heavy atom. The lowest BCUT2D eigenvalue weighted by molar-refractivity contribution is -0.147. The molecule has 0 aromatic heterocycles. The number of hydrogen-bond acceptors (Lipinski definition) is 4. The number of benzene rings is 3. The fourth-order valence-corrected chi connectivity index (χ4v) is 4.77. The van der Waals surface area contributed by atoms with E-state index in [1.807, 2.05) is 77.1 Å². The number of ether oxygens (including phenoxy) is 1. The Morgan fingerprint density at radius 2 is 1.55 bits per heavy atom. The van der Waals surface area contributed by atoms with Gasteiger partial charge in [-0.15, -0.1) is 6.42 Å². The molecule has 0 radical (unpaired) electrons. The monoisotopic (exact) mass is 569 g/mol. The van der Waals surface area contributed by atoms with Crippen molar-refractivity contribution < 1.29 is 19.1 Å². The summed E-state index contributed by atoms with van der Waals surface area (Å²) < 4.78 is 5.49. The zero-order valence-electron chi connectivity index (χ0n) is 25.9. The van der Waals surface area contributed by atoms with Gasteiger partial charge in [-0.05, 0) is 88.1 Å². The first-order valence-electron chi connectivity index (χ1n) is 14.3. The summed E-state index contributed by atoms with van der Waals surface area (Å²) in [6.45, 7) is 14.8. The van der Waals surface area contributed by atoms with E-state index < -0.39 is 29.3 Å². The van der Waals surface area contributed by atoms with Crippen LogP contribution in [0.1, 0.15) is 79.0 Å². The van der Waals surface area contributed by atoms with Gasteiger partial charge >= 0.3 is 6.09 Å². The minimum Gasteiger partial charge on any atom is -0.444 e. The molecule has 0 bridgehead atoms. The summed E-state index contributed by atoms with van der Waals surface area (Å²) in [5, 5.41) is 7.86. The van der Waals surface area contributed by atoms with Crippen LogP contribution in [0.25, 0.3) is 10.8 Å². The Balaban J connectivity index is 2.09. The number of hydrogen-bond donors (Lipinski definition) is 2. The largest absolute Gasteiger partial charge is 0.444 e. The lowest BCUT2D eigenvalue weighted by Crippen LogP contribution is -2.59. The maximum absolute atomic E-state index is 14.5. The van der Waals surface area contributed by atoms with Crippen molar-refractivity contribution in [3.05, 3.63) is 77.9 Å². The van der Waals surface area contributed by atoms with Crippen molar-refractivity contribution in [2.75, 3.05) is 5.32 Å². The quantitative estimate of drug-likeness (QED) is 0.284. The maximum Gasteiger partial charge on any atom is 0.408 e. The molecular formula is C35H43N3O4. The van der Waals surface area contributed by atoms with Gasteiger partial charge in [0.2, 0.25) is 5.91 Å². The Kier molecular flexibility index (Phi) is 10.1. The van der Waals surface area contributed by atoms with Gasteiger partial charge in [0, 0.05) is 16.8 Å². The van der Waals surface area contributed by atoms with Gasteiger partial charge in [-0.25, -0.2) is 4.79 Å². The Labute approximate surface area is 250 Å². The minimum absolute atomic E-state index is 0.233. The van der Waals surface area contributed by atoms with Gasteiger partial charge in [0.15, 0.2) is 0 Å². The number of nitrogens with zero attached hydrogens (tertiary/aromatic N) is 1. The molecule has 0 spiro atoms. The lowest BCUT2D eigenvalue weighted by atomic mass is 9.91. The van der Waals surface area contributed by atoms with Gasteiger partial charge in [0.1, 0.15) is 17.7 Å². The molecule has 0 heterocycles. The Hall–Kier alpha value is -4.31. The lowest BCUT2D eigenvalue weighted by Gasteiger charge is -2.43. The van der Waals surface area contributed by atoms with E-state index in [0.717, 1.165) is 10.8 Å². The van der Waals surface area contributed by atoms with E-state index in [4.69, 9.17) is 11.2 Å². The van der Waals surface area contributed by atoms with Crippen molar-refractivity contribution in [1.29, 1.82) is 0 Å².